The lowest BCUT2D eigenvalue weighted by molar-refractivity contribution is -0.385. The third kappa shape index (κ3) is 4.43. The van der Waals surface area contributed by atoms with Crippen LogP contribution in [0.15, 0.2) is 36.4 Å². The van der Waals surface area contributed by atoms with Gasteiger partial charge in [0, 0.05) is 12.1 Å². The van der Waals surface area contributed by atoms with E-state index in [4.69, 9.17) is 14.2 Å². The summed E-state index contributed by atoms with van der Waals surface area (Å²) in [5.41, 5.74) is 0.383. The van der Waals surface area contributed by atoms with E-state index in [9.17, 15) is 19.3 Å². The van der Waals surface area contributed by atoms with Gasteiger partial charge in [0.15, 0.2) is 18.1 Å². The summed E-state index contributed by atoms with van der Waals surface area (Å²) in [6, 6.07) is 7.79. The molecular weight excluding hydrogens is 359 g/mol. The van der Waals surface area contributed by atoms with Gasteiger partial charge in [-0.3, -0.25) is 14.9 Å². The predicted octanol–water partition coefficient (Wildman–Crippen LogP) is 2.76. The van der Waals surface area contributed by atoms with E-state index in [2.05, 4.69) is 5.32 Å². The van der Waals surface area contributed by atoms with Crippen LogP contribution in [0.2, 0.25) is 0 Å². The van der Waals surface area contributed by atoms with Gasteiger partial charge in [0.2, 0.25) is 5.75 Å². The molecule has 1 atom stereocenters. The number of halogens is 1. The van der Waals surface area contributed by atoms with Gasteiger partial charge in [-0.1, -0.05) is 6.07 Å². The second kappa shape index (κ2) is 7.90. The van der Waals surface area contributed by atoms with Gasteiger partial charge in [0.25, 0.3) is 5.91 Å². The molecule has 8 nitrogen and oxygen atoms in total. The molecule has 0 saturated carbocycles. The number of nitrogens with one attached hydrogen (secondary N) is 1. The van der Waals surface area contributed by atoms with Gasteiger partial charge in [-0.05, 0) is 30.7 Å². The number of hydrogen-bond acceptors (Lipinski definition) is 6. The first-order valence-corrected chi connectivity index (χ1v) is 8.19. The Labute approximate surface area is 154 Å². The first kappa shape index (κ1) is 18.4. The average molecular weight is 376 g/mol. The van der Waals surface area contributed by atoms with Crippen LogP contribution in [0, 0.1) is 15.9 Å². The number of benzene rings is 2. The molecule has 1 heterocycles. The minimum absolute atomic E-state index is 0.304. The minimum atomic E-state index is -0.704. The van der Waals surface area contributed by atoms with Gasteiger partial charge >= 0.3 is 5.69 Å². The highest BCUT2D eigenvalue weighted by atomic mass is 19.1. The smallest absolute Gasteiger partial charge is 0.311 e. The van der Waals surface area contributed by atoms with Crippen molar-refractivity contribution in [3.05, 3.63) is 57.9 Å². The molecule has 9 heteroatoms. The zero-order valence-corrected chi connectivity index (χ0v) is 14.4. The molecule has 0 saturated heterocycles. The van der Waals surface area contributed by atoms with Crippen LogP contribution in [0.3, 0.4) is 0 Å². The van der Waals surface area contributed by atoms with Gasteiger partial charge < -0.3 is 19.5 Å². The van der Waals surface area contributed by atoms with Crippen molar-refractivity contribution in [2.45, 2.75) is 13.0 Å². The molecule has 27 heavy (non-hydrogen) atoms. The van der Waals surface area contributed by atoms with E-state index in [0.717, 1.165) is 23.8 Å². The fraction of sp³-hybridized carbons (Fsp3) is 0.278. The number of carbonyl (C=O) groups excluding carboxylic acids is 1. The Balaban J connectivity index is 1.61. The Morgan fingerprint density at radius 1 is 1.26 bits per heavy atom. The Morgan fingerprint density at radius 2 is 2.00 bits per heavy atom. The number of nitro benzene ring substituents is 1. The number of fused-ring (bicyclic) bond motifs is 1. The Kier molecular flexibility index (Phi) is 5.39. The van der Waals surface area contributed by atoms with Crippen LogP contribution in [0.4, 0.5) is 10.1 Å². The van der Waals surface area contributed by atoms with Gasteiger partial charge in [0.05, 0.1) is 11.0 Å². The molecule has 0 bridgehead atoms. The summed E-state index contributed by atoms with van der Waals surface area (Å²) in [5.74, 6) is -0.254. The van der Waals surface area contributed by atoms with Gasteiger partial charge in [-0.15, -0.1) is 0 Å². The topological polar surface area (TPSA) is 99.9 Å². The van der Waals surface area contributed by atoms with E-state index in [-0.39, 0.29) is 11.8 Å². The SMILES string of the molecule is CC(NC(=O)COc1cc(F)ccc1[N+](=O)[O-])c1ccc2c(c1)OCCO2. The van der Waals surface area contributed by atoms with Crippen molar-refractivity contribution in [1.82, 2.24) is 5.32 Å². The number of nitro groups is 1. The predicted molar refractivity (Wildman–Crippen MR) is 92.5 cm³/mol. The maximum atomic E-state index is 13.3. The maximum Gasteiger partial charge on any atom is 0.311 e. The van der Waals surface area contributed by atoms with Crippen LogP contribution in [-0.4, -0.2) is 30.7 Å². The number of ether oxygens (including phenoxy) is 3. The van der Waals surface area contributed by atoms with Crippen LogP contribution in [0.1, 0.15) is 18.5 Å². The standard InChI is InChI=1S/C18H17FN2O6/c1-11(12-2-5-15-17(8-12)26-7-6-25-15)20-18(22)10-27-16-9-13(19)3-4-14(16)21(23)24/h2-5,8-9,11H,6-7,10H2,1H3,(H,20,22). The van der Waals surface area contributed by atoms with Gasteiger partial charge in [-0.2, -0.15) is 0 Å². The molecule has 0 spiro atoms. The van der Waals surface area contributed by atoms with Crippen molar-refractivity contribution in [2.75, 3.05) is 19.8 Å². The number of amides is 1. The number of carbonyl (C=O) groups is 1. The number of hydrogen-bond donors (Lipinski definition) is 1. The molecule has 0 fully saturated rings. The highest BCUT2D eigenvalue weighted by Gasteiger charge is 2.19. The van der Waals surface area contributed by atoms with E-state index in [1.807, 2.05) is 0 Å². The Morgan fingerprint density at radius 3 is 2.74 bits per heavy atom. The van der Waals surface area contributed by atoms with Crippen molar-refractivity contribution in [3.63, 3.8) is 0 Å². The van der Waals surface area contributed by atoms with Gasteiger partial charge in [0.1, 0.15) is 19.0 Å². The van der Waals surface area contributed by atoms with Crippen molar-refractivity contribution in [1.29, 1.82) is 0 Å². The summed E-state index contributed by atoms with van der Waals surface area (Å²) in [5, 5.41) is 13.7. The molecule has 1 N–H and O–H groups in total. The van der Waals surface area contributed by atoms with Crippen LogP contribution in [0.25, 0.3) is 0 Å². The van der Waals surface area contributed by atoms with E-state index < -0.39 is 28.9 Å². The van der Waals surface area contributed by atoms with Crippen molar-refractivity contribution in [2.24, 2.45) is 0 Å². The van der Waals surface area contributed by atoms with Crippen LogP contribution < -0.4 is 19.5 Å². The lowest BCUT2D eigenvalue weighted by Crippen LogP contribution is -2.31. The third-order valence-corrected chi connectivity index (χ3v) is 3.92. The second-order valence-corrected chi connectivity index (χ2v) is 5.85. The highest BCUT2D eigenvalue weighted by Crippen LogP contribution is 2.32. The lowest BCUT2D eigenvalue weighted by atomic mass is 10.1. The van der Waals surface area contributed by atoms with Crippen molar-refractivity contribution >= 4 is 11.6 Å². The first-order chi connectivity index (χ1) is 12.9. The first-order valence-electron chi connectivity index (χ1n) is 8.19. The number of rotatable bonds is 6. The summed E-state index contributed by atoms with van der Waals surface area (Å²) in [4.78, 5) is 22.3. The quantitative estimate of drug-likeness (QED) is 0.615. The molecule has 2 aromatic rings. The van der Waals surface area contributed by atoms with E-state index in [0.29, 0.717) is 24.7 Å². The summed E-state index contributed by atoms with van der Waals surface area (Å²) in [6.45, 7) is 2.23. The molecule has 0 aliphatic carbocycles. The number of nitrogens with zero attached hydrogens (tertiary/aromatic N) is 1. The van der Waals surface area contributed by atoms with E-state index >= 15 is 0 Å². The van der Waals surface area contributed by atoms with Crippen LogP contribution >= 0.6 is 0 Å². The molecule has 1 unspecified atom stereocenters. The summed E-state index contributed by atoms with van der Waals surface area (Å²) < 4.78 is 29.4. The normalized spacial score (nSPS) is 13.6. The lowest BCUT2D eigenvalue weighted by Gasteiger charge is -2.21. The molecule has 142 valence electrons. The zero-order chi connectivity index (χ0) is 19.4. The summed E-state index contributed by atoms with van der Waals surface area (Å²) in [7, 11) is 0. The molecule has 3 rings (SSSR count). The van der Waals surface area contributed by atoms with Crippen molar-refractivity contribution in [3.8, 4) is 17.2 Å². The van der Waals surface area contributed by atoms with Gasteiger partial charge in [-0.25, -0.2) is 4.39 Å². The molecule has 2 aromatic carbocycles. The zero-order valence-electron chi connectivity index (χ0n) is 14.4. The molecule has 1 amide bonds. The summed E-state index contributed by atoms with van der Waals surface area (Å²) in [6.07, 6.45) is 0. The van der Waals surface area contributed by atoms with Crippen LogP contribution in [0.5, 0.6) is 17.2 Å². The Hall–Kier alpha value is -3.36. The second-order valence-electron chi connectivity index (χ2n) is 5.85. The highest BCUT2D eigenvalue weighted by molar-refractivity contribution is 5.78. The van der Waals surface area contributed by atoms with Crippen LogP contribution in [-0.2, 0) is 4.79 Å². The fourth-order valence-electron chi connectivity index (χ4n) is 2.59. The molecule has 1 aliphatic heterocycles. The summed E-state index contributed by atoms with van der Waals surface area (Å²) >= 11 is 0. The monoisotopic (exact) mass is 376 g/mol. The van der Waals surface area contributed by atoms with E-state index in [1.54, 1.807) is 25.1 Å². The molecule has 0 aromatic heterocycles. The molecule has 0 radical (unpaired) electrons. The maximum absolute atomic E-state index is 13.3. The molecule has 1 aliphatic rings. The fourth-order valence-corrected chi connectivity index (χ4v) is 2.59. The average Bonchev–Trinajstić information content (AvgIpc) is 2.65. The molecular formula is C18H17FN2O6. The van der Waals surface area contributed by atoms with Crippen molar-refractivity contribution < 1.29 is 28.3 Å². The minimum Gasteiger partial charge on any atom is -0.486 e. The Bertz CT molecular complexity index is 873. The third-order valence-electron chi connectivity index (χ3n) is 3.92. The van der Waals surface area contributed by atoms with E-state index in [1.165, 1.54) is 0 Å². The largest absolute Gasteiger partial charge is 0.486 e.